The van der Waals surface area contributed by atoms with Crippen LogP contribution in [0.15, 0.2) is 54.6 Å². The summed E-state index contributed by atoms with van der Waals surface area (Å²) in [5.74, 6) is -2.14. The topological polar surface area (TPSA) is 84.0 Å². The number of allylic oxidation sites excluding steroid dienone is 2. The van der Waals surface area contributed by atoms with Gasteiger partial charge < -0.3 is 9.64 Å². The van der Waals surface area contributed by atoms with E-state index in [1.54, 1.807) is 29.2 Å². The van der Waals surface area contributed by atoms with Gasteiger partial charge in [-0.15, -0.1) is 0 Å². The number of carbonyl (C=O) groups excluding carboxylic acids is 4. The van der Waals surface area contributed by atoms with Gasteiger partial charge >= 0.3 is 5.97 Å². The standard InChI is InChI=1S/C28H28N2O5/c1-16-10-11-23(18(3)12-16)29-15-19(13-24(29)31)28(34)35-21-8-5-7-20(14-21)30-26(32)22-9-4-6-17(2)25(22)27(30)33/h4-8,10-12,14,17,19,22,25H,9,13,15H2,1-3H3/t17-,19-,22-,25-/m1/s1. The molecule has 5 rings (SSSR count). The van der Waals surface area contributed by atoms with Gasteiger partial charge in [0.05, 0.1) is 23.4 Å². The summed E-state index contributed by atoms with van der Waals surface area (Å²) in [4.78, 5) is 54.5. The van der Waals surface area contributed by atoms with Crippen LogP contribution >= 0.6 is 0 Å². The number of rotatable bonds is 4. The first-order valence-corrected chi connectivity index (χ1v) is 12.0. The van der Waals surface area contributed by atoms with Crippen LogP contribution in [0.2, 0.25) is 0 Å². The molecule has 0 aromatic heterocycles. The van der Waals surface area contributed by atoms with Crippen molar-refractivity contribution in [2.45, 2.75) is 33.6 Å². The number of ether oxygens (including phenoxy) is 1. The van der Waals surface area contributed by atoms with Gasteiger partial charge in [-0.05, 0) is 49.9 Å². The maximum absolute atomic E-state index is 13.1. The zero-order chi connectivity index (χ0) is 24.9. The molecule has 0 bridgehead atoms. The molecule has 180 valence electrons. The van der Waals surface area contributed by atoms with Crippen LogP contribution in [0.1, 0.15) is 30.9 Å². The van der Waals surface area contributed by atoms with Crippen molar-refractivity contribution in [1.82, 2.24) is 0 Å². The lowest BCUT2D eigenvalue weighted by Crippen LogP contribution is -2.31. The number of esters is 1. The molecule has 2 heterocycles. The molecule has 2 aromatic rings. The zero-order valence-corrected chi connectivity index (χ0v) is 20.1. The maximum Gasteiger partial charge on any atom is 0.316 e. The fourth-order valence-electron chi connectivity index (χ4n) is 5.49. The van der Waals surface area contributed by atoms with E-state index in [2.05, 4.69) is 0 Å². The second kappa shape index (κ2) is 8.80. The summed E-state index contributed by atoms with van der Waals surface area (Å²) >= 11 is 0. The van der Waals surface area contributed by atoms with E-state index in [0.717, 1.165) is 16.8 Å². The van der Waals surface area contributed by atoms with Crippen molar-refractivity contribution in [2.24, 2.45) is 23.7 Å². The number of imide groups is 1. The molecule has 0 spiro atoms. The number of benzene rings is 2. The molecule has 7 nitrogen and oxygen atoms in total. The number of amides is 3. The highest BCUT2D eigenvalue weighted by Crippen LogP contribution is 2.41. The minimum Gasteiger partial charge on any atom is -0.426 e. The Morgan fingerprint density at radius 3 is 2.57 bits per heavy atom. The lowest BCUT2D eigenvalue weighted by molar-refractivity contribution is -0.139. The SMILES string of the molecule is Cc1ccc(N2C[C@H](C(=O)Oc3cccc(N4C(=O)[C@@H]5[C@H](C)C=CC[C@H]5C4=O)c3)CC2=O)c(C)c1. The van der Waals surface area contributed by atoms with Gasteiger partial charge in [-0.3, -0.25) is 19.2 Å². The van der Waals surface area contributed by atoms with Gasteiger partial charge in [0.25, 0.3) is 0 Å². The van der Waals surface area contributed by atoms with Crippen molar-refractivity contribution in [3.05, 3.63) is 65.7 Å². The summed E-state index contributed by atoms with van der Waals surface area (Å²) in [6, 6.07) is 12.3. The van der Waals surface area contributed by atoms with Crippen LogP contribution in [0.25, 0.3) is 0 Å². The molecule has 35 heavy (non-hydrogen) atoms. The minimum absolute atomic E-state index is 0.00349. The molecule has 7 heteroatoms. The molecule has 2 saturated heterocycles. The summed E-state index contributed by atoms with van der Waals surface area (Å²) in [7, 11) is 0. The molecule has 0 saturated carbocycles. The van der Waals surface area contributed by atoms with Gasteiger partial charge in [0.15, 0.2) is 0 Å². The third kappa shape index (κ3) is 4.05. The quantitative estimate of drug-likeness (QED) is 0.291. The van der Waals surface area contributed by atoms with Crippen molar-refractivity contribution in [2.75, 3.05) is 16.3 Å². The zero-order valence-electron chi connectivity index (χ0n) is 20.1. The van der Waals surface area contributed by atoms with Crippen molar-refractivity contribution in [1.29, 1.82) is 0 Å². The fourth-order valence-corrected chi connectivity index (χ4v) is 5.49. The smallest absolute Gasteiger partial charge is 0.316 e. The number of hydrogen-bond acceptors (Lipinski definition) is 5. The van der Waals surface area contributed by atoms with Crippen molar-refractivity contribution in [3.63, 3.8) is 0 Å². The Balaban J connectivity index is 1.30. The number of carbonyl (C=O) groups is 4. The summed E-state index contributed by atoms with van der Waals surface area (Å²) in [6.07, 6.45) is 4.57. The molecule has 2 aromatic carbocycles. The first kappa shape index (κ1) is 23.0. The van der Waals surface area contributed by atoms with Crippen LogP contribution in [-0.4, -0.2) is 30.2 Å². The van der Waals surface area contributed by atoms with E-state index in [1.807, 2.05) is 51.1 Å². The Morgan fingerprint density at radius 2 is 1.83 bits per heavy atom. The Bertz CT molecular complexity index is 1270. The lowest BCUT2D eigenvalue weighted by Gasteiger charge is -2.22. The van der Waals surface area contributed by atoms with Crippen LogP contribution in [0.3, 0.4) is 0 Å². The summed E-state index contributed by atoms with van der Waals surface area (Å²) in [5.41, 5.74) is 3.28. The number of nitrogens with zero attached hydrogens (tertiary/aromatic N) is 2. The number of aryl methyl sites for hydroxylation is 2. The Morgan fingerprint density at radius 1 is 1.03 bits per heavy atom. The molecule has 3 amide bonds. The molecule has 0 radical (unpaired) electrons. The molecule has 1 aliphatic carbocycles. The molecule has 4 atom stereocenters. The highest BCUT2D eigenvalue weighted by Gasteiger charge is 2.50. The first-order valence-electron chi connectivity index (χ1n) is 12.0. The Kier molecular flexibility index (Phi) is 5.79. The normalized spacial score (nSPS) is 25.9. The molecule has 0 unspecified atom stereocenters. The predicted molar refractivity (Wildman–Crippen MR) is 131 cm³/mol. The Labute approximate surface area is 204 Å². The van der Waals surface area contributed by atoms with Crippen molar-refractivity contribution < 1.29 is 23.9 Å². The van der Waals surface area contributed by atoms with Crippen LogP contribution in [0, 0.1) is 37.5 Å². The predicted octanol–water partition coefficient (Wildman–Crippen LogP) is 3.96. The van der Waals surface area contributed by atoms with Gasteiger partial charge in [0, 0.05) is 24.7 Å². The van der Waals surface area contributed by atoms with Crippen molar-refractivity contribution in [3.8, 4) is 5.75 Å². The molecular formula is C28H28N2O5. The molecule has 0 N–H and O–H groups in total. The van der Waals surface area contributed by atoms with E-state index < -0.39 is 11.9 Å². The largest absolute Gasteiger partial charge is 0.426 e. The number of anilines is 2. The van der Waals surface area contributed by atoms with Crippen LogP contribution < -0.4 is 14.5 Å². The number of hydrogen-bond donors (Lipinski definition) is 0. The van der Waals surface area contributed by atoms with E-state index in [-0.39, 0.29) is 54.2 Å². The van der Waals surface area contributed by atoms with E-state index in [4.69, 9.17) is 4.74 Å². The van der Waals surface area contributed by atoms with Gasteiger partial charge in [-0.2, -0.15) is 0 Å². The summed E-state index contributed by atoms with van der Waals surface area (Å²) in [5, 5.41) is 0. The van der Waals surface area contributed by atoms with Crippen molar-refractivity contribution >= 4 is 35.1 Å². The van der Waals surface area contributed by atoms with Crippen LogP contribution in [0.4, 0.5) is 11.4 Å². The fraction of sp³-hybridized carbons (Fsp3) is 0.357. The molecular weight excluding hydrogens is 444 g/mol. The highest BCUT2D eigenvalue weighted by molar-refractivity contribution is 6.22. The lowest BCUT2D eigenvalue weighted by atomic mass is 9.78. The van der Waals surface area contributed by atoms with Gasteiger partial charge in [0.2, 0.25) is 17.7 Å². The molecule has 3 aliphatic rings. The highest BCUT2D eigenvalue weighted by atomic mass is 16.5. The van der Waals surface area contributed by atoms with Gasteiger partial charge in [0.1, 0.15) is 5.75 Å². The van der Waals surface area contributed by atoms with Crippen LogP contribution in [-0.2, 0) is 19.2 Å². The molecule has 2 aliphatic heterocycles. The third-order valence-corrected chi connectivity index (χ3v) is 7.27. The third-order valence-electron chi connectivity index (χ3n) is 7.27. The average molecular weight is 473 g/mol. The maximum atomic E-state index is 13.1. The summed E-state index contributed by atoms with van der Waals surface area (Å²) < 4.78 is 5.61. The summed E-state index contributed by atoms with van der Waals surface area (Å²) in [6.45, 7) is 6.13. The average Bonchev–Trinajstić information content (AvgIpc) is 3.32. The number of fused-ring (bicyclic) bond motifs is 1. The van der Waals surface area contributed by atoms with Crippen LogP contribution in [0.5, 0.6) is 5.75 Å². The monoisotopic (exact) mass is 472 g/mol. The second-order valence-corrected chi connectivity index (χ2v) is 9.78. The first-order chi connectivity index (χ1) is 16.7. The Hall–Kier alpha value is -3.74. The van der Waals surface area contributed by atoms with E-state index in [1.165, 1.54) is 4.90 Å². The second-order valence-electron chi connectivity index (χ2n) is 9.78. The van der Waals surface area contributed by atoms with E-state index in [9.17, 15) is 19.2 Å². The van der Waals surface area contributed by atoms with Gasteiger partial charge in [-0.1, -0.05) is 42.8 Å². The van der Waals surface area contributed by atoms with E-state index >= 15 is 0 Å². The van der Waals surface area contributed by atoms with Gasteiger partial charge in [-0.25, -0.2) is 4.90 Å². The van der Waals surface area contributed by atoms with E-state index in [0.29, 0.717) is 12.1 Å². The molecule has 2 fully saturated rings. The minimum atomic E-state index is -0.600.